The number of benzene rings is 1. The van der Waals surface area contributed by atoms with Crippen LogP contribution in [0.2, 0.25) is 0 Å². The first kappa shape index (κ1) is 16.1. The molecule has 0 radical (unpaired) electrons. The molecule has 1 aromatic rings. The Hall–Kier alpha value is -1.79. The average Bonchev–Trinajstić information content (AvgIpc) is 3.03. The normalized spacial score (nSPS) is 21.1. The van der Waals surface area contributed by atoms with E-state index in [9.17, 15) is 4.79 Å². The van der Waals surface area contributed by atoms with Crippen LogP contribution in [0.25, 0.3) is 0 Å². The molecule has 2 aliphatic rings. The molecule has 120 valence electrons. The molecule has 2 heterocycles. The zero-order valence-electron chi connectivity index (χ0n) is 13.3. The highest BCUT2D eigenvalue weighted by atomic mass is 32.2. The summed E-state index contributed by atoms with van der Waals surface area (Å²) in [5, 5.41) is 1.33. The largest absolute Gasteiger partial charge is 0.425 e. The van der Waals surface area contributed by atoms with Crippen molar-refractivity contribution in [3.8, 4) is 0 Å². The Morgan fingerprint density at radius 3 is 2.61 bits per heavy atom. The van der Waals surface area contributed by atoms with Crippen LogP contribution < -0.4 is 4.90 Å². The lowest BCUT2D eigenvalue weighted by atomic mass is 10.2. The zero-order chi connectivity index (χ0) is 16.6. The monoisotopic (exact) mass is 346 g/mol. The molecule has 0 spiro atoms. The molecule has 0 bridgehead atoms. The van der Waals surface area contributed by atoms with Crippen molar-refractivity contribution in [1.29, 1.82) is 0 Å². The summed E-state index contributed by atoms with van der Waals surface area (Å²) in [5.41, 5.74) is 2.00. The van der Waals surface area contributed by atoms with Gasteiger partial charge in [-0.1, -0.05) is 23.9 Å². The quantitative estimate of drug-likeness (QED) is 0.612. The third-order valence-electron chi connectivity index (χ3n) is 3.82. The highest BCUT2D eigenvalue weighted by molar-refractivity contribution is 8.03. The van der Waals surface area contributed by atoms with Crippen molar-refractivity contribution in [2.75, 3.05) is 18.0 Å². The molecule has 2 aliphatic heterocycles. The average molecular weight is 346 g/mol. The van der Waals surface area contributed by atoms with Gasteiger partial charge in [-0.2, -0.15) is 0 Å². The minimum absolute atomic E-state index is 0.157. The number of ether oxygens (including phenoxy) is 1. The molecular formula is C17H18N2O2S2. The fourth-order valence-corrected chi connectivity index (χ4v) is 4.17. The van der Waals surface area contributed by atoms with E-state index in [1.54, 1.807) is 11.8 Å². The Bertz CT molecular complexity index is 740. The van der Waals surface area contributed by atoms with E-state index in [-0.39, 0.29) is 11.1 Å². The zero-order valence-corrected chi connectivity index (χ0v) is 15.0. The summed E-state index contributed by atoms with van der Waals surface area (Å²) in [6.45, 7) is 7.27. The van der Waals surface area contributed by atoms with Crippen molar-refractivity contribution in [3.05, 3.63) is 46.7 Å². The Morgan fingerprint density at radius 1 is 1.26 bits per heavy atom. The number of hydrogen-bond acceptors (Lipinski definition) is 5. The molecule has 0 unspecified atom stereocenters. The van der Waals surface area contributed by atoms with Crippen LogP contribution in [0.5, 0.6) is 0 Å². The van der Waals surface area contributed by atoms with Crippen molar-refractivity contribution in [3.63, 3.8) is 0 Å². The molecule has 1 amide bonds. The van der Waals surface area contributed by atoms with Crippen molar-refractivity contribution < 1.29 is 9.53 Å². The molecule has 0 saturated carbocycles. The number of thioether (sulfide) groups is 1. The van der Waals surface area contributed by atoms with Gasteiger partial charge < -0.3 is 9.64 Å². The standard InChI is InChI=1S/C17H18N2O2S2/c1-4-18-12-8-6-7-9-13(12)23-14(18)10-11(3)15-16(20)19(5-2)17(22)21-15/h6-10H,4-5H2,1-3H3/b14-10+,15-11-. The van der Waals surface area contributed by atoms with Gasteiger partial charge in [0.15, 0.2) is 5.76 Å². The SMILES string of the molecule is CCN1C(=O)/C(=C(C)/C=C2/Sc3ccccc3N2CC)OC1=S. The van der Waals surface area contributed by atoms with Crippen LogP contribution in [0.15, 0.2) is 51.6 Å². The number of hydrogen-bond donors (Lipinski definition) is 0. The second-order valence-corrected chi connectivity index (χ2v) is 6.64. The number of nitrogens with zero attached hydrogens (tertiary/aromatic N) is 2. The van der Waals surface area contributed by atoms with Crippen LogP contribution in [0.1, 0.15) is 20.8 Å². The van der Waals surface area contributed by atoms with Crippen molar-refractivity contribution in [1.82, 2.24) is 4.90 Å². The molecule has 1 saturated heterocycles. The Balaban J connectivity index is 1.95. The molecule has 0 aliphatic carbocycles. The lowest BCUT2D eigenvalue weighted by Crippen LogP contribution is -2.28. The summed E-state index contributed by atoms with van der Waals surface area (Å²) >= 11 is 6.82. The third kappa shape index (κ3) is 2.77. The summed E-state index contributed by atoms with van der Waals surface area (Å²) in [5.74, 6) is 0.173. The molecule has 0 atom stereocenters. The Morgan fingerprint density at radius 2 is 1.96 bits per heavy atom. The van der Waals surface area contributed by atoms with E-state index >= 15 is 0 Å². The van der Waals surface area contributed by atoms with Crippen molar-refractivity contribution >= 4 is 40.7 Å². The van der Waals surface area contributed by atoms with E-state index in [0.29, 0.717) is 12.3 Å². The maximum atomic E-state index is 12.3. The fourth-order valence-electron chi connectivity index (χ4n) is 2.65. The number of rotatable bonds is 3. The predicted molar refractivity (Wildman–Crippen MR) is 97.2 cm³/mol. The van der Waals surface area contributed by atoms with Gasteiger partial charge in [-0.3, -0.25) is 9.69 Å². The summed E-state index contributed by atoms with van der Waals surface area (Å²) < 4.78 is 5.51. The second-order valence-electron chi connectivity index (χ2n) is 5.23. The molecule has 0 N–H and O–H groups in total. The van der Waals surface area contributed by atoms with Crippen LogP contribution in [0.4, 0.5) is 5.69 Å². The van der Waals surface area contributed by atoms with Gasteiger partial charge in [0.2, 0.25) is 0 Å². The number of likely N-dealkylation sites (N-methyl/N-ethyl adjacent to an activating group) is 1. The second kappa shape index (κ2) is 6.37. The van der Waals surface area contributed by atoms with E-state index in [4.69, 9.17) is 17.0 Å². The molecule has 1 aromatic carbocycles. The number of allylic oxidation sites excluding steroid dienone is 2. The molecule has 23 heavy (non-hydrogen) atoms. The van der Waals surface area contributed by atoms with Gasteiger partial charge in [0.1, 0.15) is 0 Å². The first-order valence-corrected chi connectivity index (χ1v) is 8.80. The fraction of sp³-hybridized carbons (Fsp3) is 0.294. The van der Waals surface area contributed by atoms with Crippen LogP contribution in [-0.4, -0.2) is 29.1 Å². The van der Waals surface area contributed by atoms with Crippen molar-refractivity contribution in [2.24, 2.45) is 0 Å². The van der Waals surface area contributed by atoms with Gasteiger partial charge in [0.25, 0.3) is 11.1 Å². The van der Waals surface area contributed by atoms with Gasteiger partial charge in [0, 0.05) is 23.6 Å². The summed E-state index contributed by atoms with van der Waals surface area (Å²) in [6, 6.07) is 8.30. The summed E-state index contributed by atoms with van der Waals surface area (Å²) in [6.07, 6.45) is 2.00. The summed E-state index contributed by atoms with van der Waals surface area (Å²) in [4.78, 5) is 17.3. The molecule has 4 nitrogen and oxygen atoms in total. The van der Waals surface area contributed by atoms with Gasteiger partial charge in [-0.15, -0.1) is 0 Å². The Labute approximate surface area is 145 Å². The van der Waals surface area contributed by atoms with E-state index < -0.39 is 0 Å². The van der Waals surface area contributed by atoms with Gasteiger partial charge in [-0.05, 0) is 51.2 Å². The smallest absolute Gasteiger partial charge is 0.297 e. The van der Waals surface area contributed by atoms with E-state index in [2.05, 4.69) is 24.0 Å². The molecule has 0 aromatic heterocycles. The third-order valence-corrected chi connectivity index (χ3v) is 5.23. The number of thiocarbonyl (C=S) groups is 1. The maximum absolute atomic E-state index is 12.3. The van der Waals surface area contributed by atoms with Gasteiger partial charge in [0.05, 0.1) is 10.7 Å². The van der Waals surface area contributed by atoms with Gasteiger partial charge in [-0.25, -0.2) is 0 Å². The number of amides is 1. The summed E-state index contributed by atoms with van der Waals surface area (Å²) in [7, 11) is 0. The molecule has 1 fully saturated rings. The first-order valence-electron chi connectivity index (χ1n) is 7.57. The number of carbonyl (C=O) groups excluding carboxylic acids is 1. The highest BCUT2D eigenvalue weighted by Gasteiger charge is 2.34. The Kier molecular flexibility index (Phi) is 4.46. The lowest BCUT2D eigenvalue weighted by molar-refractivity contribution is -0.122. The lowest BCUT2D eigenvalue weighted by Gasteiger charge is -2.18. The van der Waals surface area contributed by atoms with E-state index in [1.807, 2.05) is 32.1 Å². The van der Waals surface area contributed by atoms with E-state index in [0.717, 1.165) is 17.1 Å². The first-order chi connectivity index (χ1) is 11.1. The van der Waals surface area contributed by atoms with Crippen LogP contribution in [-0.2, 0) is 9.53 Å². The number of fused-ring (bicyclic) bond motifs is 1. The number of anilines is 1. The highest BCUT2D eigenvalue weighted by Crippen LogP contribution is 2.46. The van der Waals surface area contributed by atoms with Crippen LogP contribution in [0.3, 0.4) is 0 Å². The molecular weight excluding hydrogens is 328 g/mol. The minimum Gasteiger partial charge on any atom is -0.425 e. The molecule has 3 rings (SSSR count). The van der Waals surface area contributed by atoms with Crippen LogP contribution >= 0.6 is 24.0 Å². The molecule has 6 heteroatoms. The van der Waals surface area contributed by atoms with E-state index in [1.165, 1.54) is 15.5 Å². The maximum Gasteiger partial charge on any atom is 0.297 e. The number of carbonyl (C=O) groups is 1. The van der Waals surface area contributed by atoms with Crippen molar-refractivity contribution in [2.45, 2.75) is 25.7 Å². The van der Waals surface area contributed by atoms with Gasteiger partial charge >= 0.3 is 0 Å². The predicted octanol–water partition coefficient (Wildman–Crippen LogP) is 3.90. The topological polar surface area (TPSA) is 32.8 Å². The van der Waals surface area contributed by atoms with Crippen LogP contribution in [0, 0.1) is 0 Å². The number of para-hydroxylation sites is 1. The minimum atomic E-state index is -0.157.